The summed E-state index contributed by atoms with van der Waals surface area (Å²) in [5.41, 5.74) is 1.21. The van der Waals surface area contributed by atoms with E-state index < -0.39 is 10.9 Å². The molecule has 0 bridgehead atoms. The first-order valence-corrected chi connectivity index (χ1v) is 8.40. The summed E-state index contributed by atoms with van der Waals surface area (Å²) in [6.45, 7) is 0. The first kappa shape index (κ1) is 17.5. The highest BCUT2D eigenvalue weighted by atomic mass is 16.6. The van der Waals surface area contributed by atoms with Crippen molar-refractivity contribution in [3.05, 3.63) is 80.8 Å². The summed E-state index contributed by atoms with van der Waals surface area (Å²) in [6.07, 6.45) is 1.37. The fourth-order valence-electron chi connectivity index (χ4n) is 3.50. The SMILES string of the molecule is COC(=O)c1cn(-c2cccc([N+](=O)[O-])c2)c(=O)c2c3ccccc3n(C)c12. The minimum Gasteiger partial charge on any atom is -0.465 e. The largest absolute Gasteiger partial charge is 0.465 e. The molecular weight excluding hydrogens is 362 g/mol. The van der Waals surface area contributed by atoms with Gasteiger partial charge in [0.2, 0.25) is 0 Å². The van der Waals surface area contributed by atoms with Gasteiger partial charge in [-0.2, -0.15) is 0 Å². The maximum Gasteiger partial charge on any atom is 0.341 e. The maximum atomic E-state index is 13.3. The van der Waals surface area contributed by atoms with Crippen LogP contribution in [0.25, 0.3) is 27.5 Å². The highest BCUT2D eigenvalue weighted by molar-refractivity contribution is 6.14. The third kappa shape index (κ3) is 2.46. The molecule has 0 saturated carbocycles. The molecule has 0 unspecified atom stereocenters. The van der Waals surface area contributed by atoms with Crippen molar-refractivity contribution in [3.63, 3.8) is 0 Å². The van der Waals surface area contributed by atoms with Gasteiger partial charge in [-0.15, -0.1) is 0 Å². The molecule has 0 radical (unpaired) electrons. The second-order valence-electron chi connectivity index (χ2n) is 6.29. The van der Waals surface area contributed by atoms with Gasteiger partial charge in [-0.1, -0.05) is 24.3 Å². The van der Waals surface area contributed by atoms with Crippen LogP contribution in [-0.2, 0) is 11.8 Å². The van der Waals surface area contributed by atoms with Crippen LogP contribution in [0.15, 0.2) is 59.5 Å². The van der Waals surface area contributed by atoms with Gasteiger partial charge in [-0.05, 0) is 12.1 Å². The number of ether oxygens (including phenoxy) is 1. The molecular formula is C20H15N3O5. The van der Waals surface area contributed by atoms with E-state index in [0.29, 0.717) is 22.0 Å². The zero-order valence-electron chi connectivity index (χ0n) is 15.1. The van der Waals surface area contributed by atoms with Crippen LogP contribution in [0.1, 0.15) is 10.4 Å². The number of esters is 1. The maximum absolute atomic E-state index is 13.3. The van der Waals surface area contributed by atoms with Crippen molar-refractivity contribution < 1.29 is 14.5 Å². The predicted octanol–water partition coefficient (Wildman–Crippen LogP) is 3.18. The molecule has 2 aromatic heterocycles. The number of nitro benzene ring substituents is 1. The Labute approximate surface area is 158 Å². The van der Waals surface area contributed by atoms with Gasteiger partial charge in [0.15, 0.2) is 0 Å². The van der Waals surface area contributed by atoms with E-state index in [-0.39, 0.29) is 16.8 Å². The third-order valence-electron chi connectivity index (χ3n) is 4.78. The highest BCUT2D eigenvalue weighted by Crippen LogP contribution is 2.29. The van der Waals surface area contributed by atoms with Crippen molar-refractivity contribution >= 4 is 33.5 Å². The monoisotopic (exact) mass is 377 g/mol. The van der Waals surface area contributed by atoms with Gasteiger partial charge in [0, 0.05) is 36.3 Å². The Balaban J connectivity index is 2.18. The molecule has 0 saturated heterocycles. The van der Waals surface area contributed by atoms with Gasteiger partial charge in [0.05, 0.1) is 28.6 Å². The molecule has 2 heterocycles. The van der Waals surface area contributed by atoms with E-state index in [4.69, 9.17) is 4.74 Å². The lowest BCUT2D eigenvalue weighted by Crippen LogP contribution is -2.21. The third-order valence-corrected chi connectivity index (χ3v) is 4.78. The van der Waals surface area contributed by atoms with Gasteiger partial charge in [0.25, 0.3) is 11.2 Å². The summed E-state index contributed by atoms with van der Waals surface area (Å²) in [6, 6.07) is 13.0. The van der Waals surface area contributed by atoms with E-state index in [1.807, 2.05) is 18.2 Å². The molecule has 2 aromatic carbocycles. The van der Waals surface area contributed by atoms with Gasteiger partial charge < -0.3 is 9.30 Å². The van der Waals surface area contributed by atoms with Crippen LogP contribution in [0, 0.1) is 10.1 Å². The Morgan fingerprint density at radius 3 is 2.61 bits per heavy atom. The Bertz CT molecular complexity index is 1330. The molecule has 0 aliphatic heterocycles. The van der Waals surface area contributed by atoms with Crippen molar-refractivity contribution in [1.82, 2.24) is 9.13 Å². The number of para-hydroxylation sites is 1. The average Bonchev–Trinajstić information content (AvgIpc) is 3.01. The predicted molar refractivity (Wildman–Crippen MR) is 104 cm³/mol. The van der Waals surface area contributed by atoms with Crippen molar-refractivity contribution in [2.75, 3.05) is 7.11 Å². The molecule has 8 nitrogen and oxygen atoms in total. The van der Waals surface area contributed by atoms with Crippen LogP contribution in [0.4, 0.5) is 5.69 Å². The van der Waals surface area contributed by atoms with Gasteiger partial charge in [-0.25, -0.2) is 4.79 Å². The Hall–Kier alpha value is -3.94. The lowest BCUT2D eigenvalue weighted by atomic mass is 10.1. The van der Waals surface area contributed by atoms with E-state index in [1.165, 1.54) is 36.1 Å². The lowest BCUT2D eigenvalue weighted by Gasteiger charge is -2.10. The normalized spacial score (nSPS) is 11.1. The Morgan fingerprint density at radius 1 is 1.14 bits per heavy atom. The second kappa shape index (κ2) is 6.34. The number of rotatable bonds is 3. The fraction of sp³-hybridized carbons (Fsp3) is 0.100. The number of hydrogen-bond acceptors (Lipinski definition) is 5. The number of non-ortho nitro benzene ring substituents is 1. The minimum atomic E-state index is -0.602. The molecule has 28 heavy (non-hydrogen) atoms. The number of nitro groups is 1. The molecule has 0 aliphatic rings. The molecule has 4 aromatic rings. The van der Waals surface area contributed by atoms with Crippen molar-refractivity contribution in [1.29, 1.82) is 0 Å². The number of methoxy groups -OCH3 is 1. The molecule has 0 atom stereocenters. The number of pyridine rings is 1. The summed E-state index contributed by atoms with van der Waals surface area (Å²) in [7, 11) is 3.04. The standard InChI is InChI=1S/C20H15N3O5/c1-21-16-9-4-3-8-14(16)17-18(21)15(20(25)28-2)11-22(19(17)24)12-6-5-7-13(10-12)23(26)27/h3-11H,1-2H3. The van der Waals surface area contributed by atoms with E-state index in [2.05, 4.69) is 0 Å². The number of carbonyl (C=O) groups excluding carboxylic acids is 1. The van der Waals surface area contributed by atoms with Crippen LogP contribution in [0.2, 0.25) is 0 Å². The van der Waals surface area contributed by atoms with Crippen LogP contribution >= 0.6 is 0 Å². The molecule has 4 rings (SSSR count). The fourth-order valence-corrected chi connectivity index (χ4v) is 3.50. The molecule has 8 heteroatoms. The summed E-state index contributed by atoms with van der Waals surface area (Å²) in [4.78, 5) is 36.4. The van der Waals surface area contributed by atoms with Crippen LogP contribution in [-0.4, -0.2) is 27.1 Å². The number of fused-ring (bicyclic) bond motifs is 3. The lowest BCUT2D eigenvalue weighted by molar-refractivity contribution is -0.384. The van der Waals surface area contributed by atoms with E-state index >= 15 is 0 Å². The number of aromatic nitrogens is 2. The summed E-state index contributed by atoms with van der Waals surface area (Å²) < 4.78 is 7.93. The summed E-state index contributed by atoms with van der Waals surface area (Å²) in [5.74, 6) is -0.602. The molecule has 0 fully saturated rings. The van der Waals surface area contributed by atoms with Gasteiger partial charge in [0.1, 0.15) is 5.56 Å². The number of carbonyl (C=O) groups is 1. The van der Waals surface area contributed by atoms with Gasteiger partial charge in [-0.3, -0.25) is 19.5 Å². The number of benzene rings is 2. The molecule has 140 valence electrons. The van der Waals surface area contributed by atoms with Gasteiger partial charge >= 0.3 is 5.97 Å². The number of hydrogen-bond donors (Lipinski definition) is 0. The zero-order chi connectivity index (χ0) is 20.0. The molecule has 0 aliphatic carbocycles. The van der Waals surface area contributed by atoms with Crippen LogP contribution < -0.4 is 5.56 Å². The summed E-state index contributed by atoms with van der Waals surface area (Å²) in [5, 5.41) is 12.2. The molecule has 0 spiro atoms. The van der Waals surface area contributed by atoms with E-state index in [0.717, 1.165) is 5.52 Å². The first-order chi connectivity index (χ1) is 13.4. The van der Waals surface area contributed by atoms with Crippen molar-refractivity contribution in [3.8, 4) is 5.69 Å². The van der Waals surface area contributed by atoms with E-state index in [9.17, 15) is 19.7 Å². The summed E-state index contributed by atoms with van der Waals surface area (Å²) >= 11 is 0. The first-order valence-electron chi connectivity index (χ1n) is 8.40. The molecule has 0 N–H and O–H groups in total. The average molecular weight is 377 g/mol. The number of aryl methyl sites for hydroxylation is 1. The smallest absolute Gasteiger partial charge is 0.341 e. The van der Waals surface area contributed by atoms with Crippen molar-refractivity contribution in [2.24, 2.45) is 7.05 Å². The minimum absolute atomic E-state index is 0.151. The Morgan fingerprint density at radius 2 is 1.89 bits per heavy atom. The van der Waals surface area contributed by atoms with Crippen LogP contribution in [0.5, 0.6) is 0 Å². The number of nitrogens with zero attached hydrogens (tertiary/aromatic N) is 3. The highest BCUT2D eigenvalue weighted by Gasteiger charge is 2.22. The second-order valence-corrected chi connectivity index (χ2v) is 6.29. The van der Waals surface area contributed by atoms with E-state index in [1.54, 1.807) is 23.7 Å². The van der Waals surface area contributed by atoms with Crippen molar-refractivity contribution in [2.45, 2.75) is 0 Å². The molecule has 0 amide bonds. The quantitative estimate of drug-likeness (QED) is 0.310. The van der Waals surface area contributed by atoms with Crippen LogP contribution in [0.3, 0.4) is 0 Å². The Kier molecular flexibility index (Phi) is 3.96. The zero-order valence-corrected chi connectivity index (χ0v) is 15.1. The topological polar surface area (TPSA) is 96.4 Å².